The standard InChI is InChI=1S/C11H13ClN4/c12-11-3-1-2-9(15-11)8-16-5-4-14-7-10(16)6-13/h1-3,10,14H,4-5,7-8H2. The minimum absolute atomic E-state index is 0.0745. The summed E-state index contributed by atoms with van der Waals surface area (Å²) in [6, 6.07) is 7.79. The van der Waals surface area contributed by atoms with E-state index in [1.807, 2.05) is 12.1 Å². The number of nitrogens with one attached hydrogen (secondary N) is 1. The van der Waals surface area contributed by atoms with E-state index in [-0.39, 0.29) is 6.04 Å². The summed E-state index contributed by atoms with van der Waals surface area (Å²) in [5, 5.41) is 12.7. The zero-order valence-corrected chi connectivity index (χ0v) is 9.61. The molecule has 4 nitrogen and oxygen atoms in total. The minimum atomic E-state index is -0.0745. The van der Waals surface area contributed by atoms with E-state index >= 15 is 0 Å². The van der Waals surface area contributed by atoms with Crippen molar-refractivity contribution >= 4 is 11.6 Å². The summed E-state index contributed by atoms with van der Waals surface area (Å²) >= 11 is 5.83. The van der Waals surface area contributed by atoms with Gasteiger partial charge >= 0.3 is 0 Å². The van der Waals surface area contributed by atoms with E-state index in [1.165, 1.54) is 0 Å². The van der Waals surface area contributed by atoms with Gasteiger partial charge in [-0.15, -0.1) is 0 Å². The molecule has 2 rings (SSSR count). The van der Waals surface area contributed by atoms with Gasteiger partial charge in [0.1, 0.15) is 11.2 Å². The SMILES string of the molecule is N#CC1CNCCN1Cc1cccc(Cl)n1. The number of pyridine rings is 1. The van der Waals surface area contributed by atoms with Crippen LogP contribution in [0.4, 0.5) is 0 Å². The van der Waals surface area contributed by atoms with Gasteiger partial charge in [0.15, 0.2) is 0 Å². The van der Waals surface area contributed by atoms with Gasteiger partial charge in [0.25, 0.3) is 0 Å². The van der Waals surface area contributed by atoms with E-state index < -0.39 is 0 Å². The predicted octanol–water partition coefficient (Wildman–Crippen LogP) is 1.03. The van der Waals surface area contributed by atoms with Crippen LogP contribution in [0.1, 0.15) is 5.69 Å². The van der Waals surface area contributed by atoms with Crippen LogP contribution in [0, 0.1) is 11.3 Å². The van der Waals surface area contributed by atoms with Gasteiger partial charge in [-0.25, -0.2) is 4.98 Å². The fourth-order valence-electron chi connectivity index (χ4n) is 1.81. The Morgan fingerprint density at radius 1 is 1.62 bits per heavy atom. The zero-order valence-electron chi connectivity index (χ0n) is 8.86. The average Bonchev–Trinajstić information content (AvgIpc) is 2.30. The Hall–Kier alpha value is -1.15. The summed E-state index contributed by atoms with van der Waals surface area (Å²) < 4.78 is 0. The van der Waals surface area contributed by atoms with Crippen LogP contribution in [0.15, 0.2) is 18.2 Å². The van der Waals surface area contributed by atoms with Gasteiger partial charge in [-0.1, -0.05) is 17.7 Å². The van der Waals surface area contributed by atoms with Crippen molar-refractivity contribution in [2.45, 2.75) is 12.6 Å². The van der Waals surface area contributed by atoms with Gasteiger partial charge in [-0.3, -0.25) is 4.90 Å². The number of aromatic nitrogens is 1. The molecule has 5 heteroatoms. The maximum absolute atomic E-state index is 9.02. The highest BCUT2D eigenvalue weighted by molar-refractivity contribution is 6.29. The third-order valence-corrected chi connectivity index (χ3v) is 2.85. The van der Waals surface area contributed by atoms with Gasteiger partial charge in [0.05, 0.1) is 11.8 Å². The topological polar surface area (TPSA) is 52.0 Å². The lowest BCUT2D eigenvalue weighted by Crippen LogP contribution is -2.50. The van der Waals surface area contributed by atoms with Crippen LogP contribution < -0.4 is 5.32 Å². The van der Waals surface area contributed by atoms with Crippen molar-refractivity contribution in [3.8, 4) is 6.07 Å². The van der Waals surface area contributed by atoms with Crippen molar-refractivity contribution < 1.29 is 0 Å². The molecule has 1 N–H and O–H groups in total. The van der Waals surface area contributed by atoms with Crippen molar-refractivity contribution in [2.75, 3.05) is 19.6 Å². The molecule has 1 unspecified atom stereocenters. The van der Waals surface area contributed by atoms with Gasteiger partial charge < -0.3 is 5.32 Å². The van der Waals surface area contributed by atoms with Gasteiger partial charge in [0.2, 0.25) is 0 Å². The molecule has 84 valence electrons. The molecule has 1 fully saturated rings. The number of nitriles is 1. The van der Waals surface area contributed by atoms with Crippen LogP contribution in [0.3, 0.4) is 0 Å². The molecule has 0 aromatic carbocycles. The second-order valence-electron chi connectivity index (χ2n) is 3.77. The maximum Gasteiger partial charge on any atom is 0.129 e. The van der Waals surface area contributed by atoms with E-state index in [4.69, 9.17) is 16.9 Å². The van der Waals surface area contributed by atoms with E-state index in [0.717, 1.165) is 25.3 Å². The first-order valence-electron chi connectivity index (χ1n) is 5.25. The number of rotatable bonds is 2. The van der Waals surface area contributed by atoms with E-state index in [9.17, 15) is 0 Å². The molecule has 1 aromatic rings. The molecular formula is C11H13ClN4. The van der Waals surface area contributed by atoms with Crippen LogP contribution in [0.2, 0.25) is 5.15 Å². The quantitative estimate of drug-likeness (QED) is 0.780. The Balaban J connectivity index is 2.05. The second kappa shape index (κ2) is 5.26. The van der Waals surface area contributed by atoms with E-state index in [0.29, 0.717) is 11.7 Å². The lowest BCUT2D eigenvalue weighted by atomic mass is 10.2. The summed E-state index contributed by atoms with van der Waals surface area (Å²) in [4.78, 5) is 6.35. The number of piperazine rings is 1. The Bertz CT molecular complexity index is 401. The first kappa shape index (κ1) is 11.3. The van der Waals surface area contributed by atoms with Crippen LogP contribution >= 0.6 is 11.6 Å². The highest BCUT2D eigenvalue weighted by Gasteiger charge is 2.21. The number of hydrogen-bond acceptors (Lipinski definition) is 4. The normalized spacial score (nSPS) is 21.6. The maximum atomic E-state index is 9.02. The summed E-state index contributed by atoms with van der Waals surface area (Å²) in [6.07, 6.45) is 0. The summed E-state index contributed by atoms with van der Waals surface area (Å²) in [5.74, 6) is 0. The zero-order chi connectivity index (χ0) is 11.4. The summed E-state index contributed by atoms with van der Waals surface area (Å²) in [7, 11) is 0. The van der Waals surface area contributed by atoms with Crippen LogP contribution in [0.5, 0.6) is 0 Å². The largest absolute Gasteiger partial charge is 0.313 e. The molecule has 0 spiro atoms. The molecule has 1 aliphatic heterocycles. The van der Waals surface area contributed by atoms with Crippen molar-refractivity contribution in [1.82, 2.24) is 15.2 Å². The Labute approximate surface area is 99.8 Å². The molecular weight excluding hydrogens is 224 g/mol. The fraction of sp³-hybridized carbons (Fsp3) is 0.455. The highest BCUT2D eigenvalue weighted by Crippen LogP contribution is 2.10. The first-order chi connectivity index (χ1) is 7.79. The molecule has 0 radical (unpaired) electrons. The smallest absolute Gasteiger partial charge is 0.129 e. The Kier molecular flexibility index (Phi) is 3.73. The van der Waals surface area contributed by atoms with Crippen LogP contribution in [0.25, 0.3) is 0 Å². The highest BCUT2D eigenvalue weighted by atomic mass is 35.5. The van der Waals surface area contributed by atoms with E-state index in [2.05, 4.69) is 21.3 Å². The number of nitrogens with zero attached hydrogens (tertiary/aromatic N) is 3. The number of halogens is 1. The lowest BCUT2D eigenvalue weighted by Gasteiger charge is -2.31. The van der Waals surface area contributed by atoms with Crippen LogP contribution in [-0.2, 0) is 6.54 Å². The Morgan fingerprint density at radius 2 is 2.50 bits per heavy atom. The average molecular weight is 237 g/mol. The summed E-state index contributed by atoms with van der Waals surface area (Å²) in [6.45, 7) is 3.18. The molecule has 2 heterocycles. The van der Waals surface area contributed by atoms with Crippen molar-refractivity contribution in [2.24, 2.45) is 0 Å². The fourth-order valence-corrected chi connectivity index (χ4v) is 1.99. The van der Waals surface area contributed by atoms with Crippen molar-refractivity contribution in [3.63, 3.8) is 0 Å². The molecule has 1 aliphatic rings. The van der Waals surface area contributed by atoms with Gasteiger partial charge in [0, 0.05) is 26.2 Å². The van der Waals surface area contributed by atoms with Crippen molar-refractivity contribution in [1.29, 1.82) is 5.26 Å². The minimum Gasteiger partial charge on any atom is -0.313 e. The third kappa shape index (κ3) is 2.70. The molecule has 1 atom stereocenters. The summed E-state index contributed by atoms with van der Waals surface area (Å²) in [5.41, 5.74) is 0.912. The van der Waals surface area contributed by atoms with Gasteiger partial charge in [-0.2, -0.15) is 5.26 Å². The predicted molar refractivity (Wildman–Crippen MR) is 61.9 cm³/mol. The molecule has 0 bridgehead atoms. The van der Waals surface area contributed by atoms with Gasteiger partial charge in [-0.05, 0) is 12.1 Å². The molecule has 0 amide bonds. The second-order valence-corrected chi connectivity index (χ2v) is 4.16. The third-order valence-electron chi connectivity index (χ3n) is 2.64. The Morgan fingerprint density at radius 3 is 3.25 bits per heavy atom. The van der Waals surface area contributed by atoms with E-state index in [1.54, 1.807) is 6.07 Å². The lowest BCUT2D eigenvalue weighted by molar-refractivity contribution is 0.187. The van der Waals surface area contributed by atoms with Crippen LogP contribution in [-0.4, -0.2) is 35.6 Å². The molecule has 0 saturated carbocycles. The molecule has 1 aromatic heterocycles. The van der Waals surface area contributed by atoms with Crippen molar-refractivity contribution in [3.05, 3.63) is 29.0 Å². The molecule has 0 aliphatic carbocycles. The number of hydrogen-bond donors (Lipinski definition) is 1. The monoisotopic (exact) mass is 236 g/mol. The molecule has 1 saturated heterocycles. The molecule has 16 heavy (non-hydrogen) atoms. The first-order valence-corrected chi connectivity index (χ1v) is 5.63.